The van der Waals surface area contributed by atoms with Gasteiger partial charge in [-0.3, -0.25) is 9.36 Å². The van der Waals surface area contributed by atoms with Gasteiger partial charge in [0.15, 0.2) is 5.69 Å². The summed E-state index contributed by atoms with van der Waals surface area (Å²) < 4.78 is 1.69. The molecule has 0 saturated carbocycles. The Kier molecular flexibility index (Phi) is 6.62. The smallest absolute Gasteiger partial charge is 0.263 e. The Hall–Kier alpha value is -3.43. The molecule has 33 heavy (non-hydrogen) atoms. The lowest BCUT2D eigenvalue weighted by molar-refractivity contribution is 0.248. The largest absolute Gasteiger partial charge is 0.342 e. The molecule has 6 nitrogen and oxygen atoms in total. The van der Waals surface area contributed by atoms with Gasteiger partial charge in [-0.05, 0) is 50.0 Å². The van der Waals surface area contributed by atoms with Gasteiger partial charge >= 0.3 is 0 Å². The fraction of sp³-hybridized carbons (Fsp3) is 0.370. The number of hydrogen-bond acceptors (Lipinski definition) is 4. The molecule has 1 fully saturated rings. The molecule has 2 aromatic carbocycles. The first-order valence-corrected chi connectivity index (χ1v) is 11.5. The van der Waals surface area contributed by atoms with E-state index in [1.165, 1.54) is 5.56 Å². The van der Waals surface area contributed by atoms with Crippen molar-refractivity contribution in [2.24, 2.45) is 7.05 Å². The van der Waals surface area contributed by atoms with Crippen molar-refractivity contribution in [2.45, 2.75) is 32.2 Å². The van der Waals surface area contributed by atoms with Crippen LogP contribution < -0.4 is 10.5 Å². The molecule has 1 saturated heterocycles. The molecule has 2 heterocycles. The molecule has 0 radical (unpaired) electrons. The Morgan fingerprint density at radius 3 is 2.18 bits per heavy atom. The maximum absolute atomic E-state index is 13.7. The third-order valence-electron chi connectivity index (χ3n) is 6.67. The number of nitrogens with zero attached hydrogens (tertiary/aromatic N) is 5. The Morgan fingerprint density at radius 1 is 1.03 bits per heavy atom. The van der Waals surface area contributed by atoms with Crippen LogP contribution in [-0.4, -0.2) is 47.7 Å². The number of aromatic nitrogens is 2. The predicted molar refractivity (Wildman–Crippen MR) is 135 cm³/mol. The lowest BCUT2D eigenvalue weighted by Gasteiger charge is -2.36. The van der Waals surface area contributed by atoms with Gasteiger partial charge in [0.25, 0.3) is 5.56 Å². The molecule has 0 aliphatic carbocycles. The van der Waals surface area contributed by atoms with Crippen molar-refractivity contribution in [2.75, 3.05) is 32.1 Å². The highest BCUT2D eigenvalue weighted by molar-refractivity contribution is 5.81. The van der Waals surface area contributed by atoms with E-state index in [1.54, 1.807) is 16.7 Å². The molecule has 170 valence electrons. The monoisotopic (exact) mass is 441 g/mol. The Labute approximate surface area is 195 Å². The highest BCUT2D eigenvalue weighted by atomic mass is 16.1. The third-order valence-corrected chi connectivity index (χ3v) is 6.67. The second-order valence-electron chi connectivity index (χ2n) is 8.89. The van der Waals surface area contributed by atoms with Gasteiger partial charge in [0.2, 0.25) is 5.95 Å². The number of anilines is 1. The summed E-state index contributed by atoms with van der Waals surface area (Å²) in [5.74, 6) is 0.704. The fourth-order valence-electron chi connectivity index (χ4n) is 4.53. The molecule has 6 heteroatoms. The normalized spacial score (nSPS) is 14.5. The van der Waals surface area contributed by atoms with Crippen LogP contribution in [0.3, 0.4) is 0 Å². The second kappa shape index (κ2) is 9.60. The number of hydrogen-bond donors (Lipinski definition) is 0. The molecule has 1 aliphatic heterocycles. The number of benzene rings is 2. The molecule has 4 rings (SSSR count). The lowest BCUT2D eigenvalue weighted by atomic mass is 9.98. The minimum atomic E-state index is -0.0526. The van der Waals surface area contributed by atoms with Crippen molar-refractivity contribution in [3.8, 4) is 22.4 Å². The molecule has 0 unspecified atom stereocenters. The van der Waals surface area contributed by atoms with Crippen LogP contribution in [0.15, 0.2) is 53.3 Å². The average Bonchev–Trinajstić information content (AvgIpc) is 2.86. The van der Waals surface area contributed by atoms with Gasteiger partial charge in [-0.25, -0.2) is 9.83 Å². The van der Waals surface area contributed by atoms with E-state index in [2.05, 4.69) is 47.8 Å². The summed E-state index contributed by atoms with van der Waals surface area (Å²) in [4.78, 5) is 26.8. The zero-order valence-corrected chi connectivity index (χ0v) is 19.9. The molecule has 0 amide bonds. The quantitative estimate of drug-likeness (QED) is 0.536. The zero-order valence-electron chi connectivity index (χ0n) is 19.9. The van der Waals surface area contributed by atoms with Crippen LogP contribution in [0.4, 0.5) is 11.6 Å². The lowest BCUT2D eigenvalue weighted by Crippen LogP contribution is -2.44. The van der Waals surface area contributed by atoms with Crippen LogP contribution in [0, 0.1) is 6.57 Å². The number of piperidine rings is 1. The summed E-state index contributed by atoms with van der Waals surface area (Å²) in [6.45, 7) is 11.1. The van der Waals surface area contributed by atoms with E-state index in [1.807, 2.05) is 31.3 Å². The first-order valence-electron chi connectivity index (χ1n) is 11.5. The summed E-state index contributed by atoms with van der Waals surface area (Å²) >= 11 is 0. The zero-order chi connectivity index (χ0) is 23.5. The molecule has 0 spiro atoms. The Bertz CT molecular complexity index is 1210. The van der Waals surface area contributed by atoms with Crippen molar-refractivity contribution in [1.82, 2.24) is 14.5 Å². The second-order valence-corrected chi connectivity index (χ2v) is 8.89. The minimum Gasteiger partial charge on any atom is -0.342 e. The Morgan fingerprint density at radius 2 is 1.64 bits per heavy atom. The van der Waals surface area contributed by atoms with Gasteiger partial charge in [-0.15, -0.1) is 0 Å². The van der Waals surface area contributed by atoms with Crippen molar-refractivity contribution in [3.05, 3.63) is 75.9 Å². The summed E-state index contributed by atoms with van der Waals surface area (Å²) in [5.41, 5.74) is 4.73. The Balaban J connectivity index is 1.84. The van der Waals surface area contributed by atoms with Crippen LogP contribution in [0.1, 0.15) is 25.3 Å². The summed E-state index contributed by atoms with van der Waals surface area (Å²) in [5, 5.41) is 0. The van der Waals surface area contributed by atoms with Crippen LogP contribution in [0.25, 0.3) is 27.2 Å². The summed E-state index contributed by atoms with van der Waals surface area (Å²) in [6, 6.07) is 16.1. The van der Waals surface area contributed by atoms with Gasteiger partial charge < -0.3 is 9.80 Å². The van der Waals surface area contributed by atoms with Crippen LogP contribution in [-0.2, 0) is 13.5 Å². The van der Waals surface area contributed by atoms with E-state index in [0.717, 1.165) is 43.5 Å². The maximum atomic E-state index is 13.7. The van der Waals surface area contributed by atoms with E-state index in [-0.39, 0.29) is 5.56 Å². The first-order chi connectivity index (χ1) is 15.9. The topological polar surface area (TPSA) is 45.7 Å². The maximum Gasteiger partial charge on any atom is 0.263 e. The fourth-order valence-corrected chi connectivity index (χ4v) is 4.53. The van der Waals surface area contributed by atoms with E-state index >= 15 is 0 Å². The van der Waals surface area contributed by atoms with E-state index in [4.69, 9.17) is 11.6 Å². The predicted octanol–water partition coefficient (Wildman–Crippen LogP) is 4.76. The average molecular weight is 442 g/mol. The van der Waals surface area contributed by atoms with Crippen molar-refractivity contribution in [3.63, 3.8) is 0 Å². The van der Waals surface area contributed by atoms with Gasteiger partial charge in [-0.2, -0.15) is 0 Å². The molecule has 0 bridgehead atoms. The van der Waals surface area contributed by atoms with Crippen LogP contribution in [0.2, 0.25) is 0 Å². The van der Waals surface area contributed by atoms with Crippen molar-refractivity contribution < 1.29 is 0 Å². The number of aryl methyl sites for hydroxylation is 1. The highest BCUT2D eigenvalue weighted by Gasteiger charge is 2.25. The van der Waals surface area contributed by atoms with Crippen molar-refractivity contribution >= 4 is 11.6 Å². The molecule has 1 aliphatic rings. The van der Waals surface area contributed by atoms with E-state index in [9.17, 15) is 4.79 Å². The van der Waals surface area contributed by atoms with Crippen LogP contribution >= 0.6 is 0 Å². The third kappa shape index (κ3) is 4.55. The standard InChI is InChI=1S/C27H31N5O/c1-6-19-7-9-20(10-8-19)24-25(21-11-13-22(28-2)14-12-21)29-27(31(5)26(24)33)32-17-15-23(16-18-32)30(3)4/h7-14,23H,6,15-18H2,1,3-5H3. The molecular formula is C27H31N5O. The van der Waals surface area contributed by atoms with Gasteiger partial charge in [0.1, 0.15) is 0 Å². The minimum absolute atomic E-state index is 0.0526. The summed E-state index contributed by atoms with van der Waals surface area (Å²) in [6.07, 6.45) is 3.03. The van der Waals surface area contributed by atoms with Gasteiger partial charge in [0, 0.05) is 26.2 Å². The highest BCUT2D eigenvalue weighted by Crippen LogP contribution is 2.32. The van der Waals surface area contributed by atoms with Crippen molar-refractivity contribution in [1.29, 1.82) is 0 Å². The molecule has 0 N–H and O–H groups in total. The van der Waals surface area contributed by atoms with Gasteiger partial charge in [-0.1, -0.05) is 55.5 Å². The molecular weight excluding hydrogens is 410 g/mol. The first kappa shape index (κ1) is 22.8. The van der Waals surface area contributed by atoms with E-state index in [0.29, 0.717) is 28.9 Å². The van der Waals surface area contributed by atoms with E-state index < -0.39 is 0 Å². The number of rotatable bonds is 5. The SMILES string of the molecule is [C-]#[N+]c1ccc(-c2nc(N3CCC(N(C)C)CC3)n(C)c(=O)c2-c2ccc(CC)cc2)cc1. The van der Waals surface area contributed by atoms with Crippen LogP contribution in [0.5, 0.6) is 0 Å². The molecule has 0 atom stereocenters. The molecule has 3 aromatic rings. The molecule has 1 aromatic heterocycles. The summed E-state index contributed by atoms with van der Waals surface area (Å²) in [7, 11) is 6.06. The van der Waals surface area contributed by atoms with Gasteiger partial charge in [0.05, 0.1) is 17.8 Å².